The molecule has 0 aliphatic heterocycles. The Morgan fingerprint density at radius 2 is 1.92 bits per heavy atom. The van der Waals surface area contributed by atoms with E-state index in [9.17, 15) is 14.9 Å². The van der Waals surface area contributed by atoms with E-state index in [1.54, 1.807) is 30.3 Å². The Kier molecular flexibility index (Phi) is 4.40. The molecule has 0 spiro atoms. The van der Waals surface area contributed by atoms with E-state index < -0.39 is 10.8 Å². The molecule has 124 valence electrons. The number of carbonyl (C=O) groups excluding carboxylic acids is 1. The molecule has 24 heavy (non-hydrogen) atoms. The molecule has 3 rings (SSSR count). The summed E-state index contributed by atoms with van der Waals surface area (Å²) in [6.07, 6.45) is 2.02. The van der Waals surface area contributed by atoms with Crippen molar-refractivity contribution in [3.8, 4) is 0 Å². The van der Waals surface area contributed by atoms with Gasteiger partial charge < -0.3 is 10.6 Å². The van der Waals surface area contributed by atoms with E-state index in [0.717, 1.165) is 18.4 Å². The molecule has 0 radical (unpaired) electrons. The number of amides is 1. The number of rotatable bonds is 5. The van der Waals surface area contributed by atoms with Gasteiger partial charge in [-0.2, -0.15) is 0 Å². The van der Waals surface area contributed by atoms with E-state index in [1.807, 2.05) is 6.92 Å². The average molecular weight is 346 g/mol. The molecule has 2 aromatic rings. The highest BCUT2D eigenvalue weighted by Crippen LogP contribution is 2.31. The van der Waals surface area contributed by atoms with Crippen LogP contribution in [0.2, 0.25) is 5.02 Å². The number of nitrogens with one attached hydrogen (secondary N) is 2. The number of hydrogen-bond acceptors (Lipinski definition) is 4. The number of benzene rings is 2. The second kappa shape index (κ2) is 6.49. The Bertz CT molecular complexity index is 819. The van der Waals surface area contributed by atoms with Crippen molar-refractivity contribution >= 4 is 34.6 Å². The lowest BCUT2D eigenvalue weighted by Crippen LogP contribution is -2.13. The molecule has 7 heteroatoms. The first kappa shape index (κ1) is 16.3. The summed E-state index contributed by atoms with van der Waals surface area (Å²) < 4.78 is 0. The zero-order valence-corrected chi connectivity index (χ0v) is 13.8. The van der Waals surface area contributed by atoms with E-state index in [1.165, 1.54) is 6.07 Å². The summed E-state index contributed by atoms with van der Waals surface area (Å²) in [5.41, 5.74) is 2.02. The number of carbonyl (C=O) groups is 1. The molecular formula is C17H16ClN3O3. The lowest BCUT2D eigenvalue weighted by atomic mass is 10.1. The standard InChI is InChI=1S/C17H16ClN3O3/c1-10-8-12(18)3-7-14(10)20-17(22)11-2-6-15(19-13-4-5-13)16(9-11)21(23)24/h2-3,6-9,13,19H,4-5H2,1H3,(H,20,22). The third-order valence-corrected chi connectivity index (χ3v) is 4.07. The highest BCUT2D eigenvalue weighted by atomic mass is 35.5. The fourth-order valence-electron chi connectivity index (χ4n) is 2.36. The molecule has 0 saturated heterocycles. The van der Waals surface area contributed by atoms with Crippen LogP contribution in [0.5, 0.6) is 0 Å². The van der Waals surface area contributed by atoms with Crippen molar-refractivity contribution in [1.29, 1.82) is 0 Å². The number of nitrogens with zero attached hydrogens (tertiary/aromatic N) is 1. The fourth-order valence-corrected chi connectivity index (χ4v) is 2.58. The maximum absolute atomic E-state index is 12.4. The third kappa shape index (κ3) is 3.65. The maximum atomic E-state index is 12.4. The first-order valence-electron chi connectivity index (χ1n) is 7.56. The normalized spacial score (nSPS) is 13.4. The van der Waals surface area contributed by atoms with Gasteiger partial charge in [-0.15, -0.1) is 0 Å². The quantitative estimate of drug-likeness (QED) is 0.622. The smallest absolute Gasteiger partial charge is 0.293 e. The van der Waals surface area contributed by atoms with E-state index in [4.69, 9.17) is 11.6 Å². The Morgan fingerprint density at radius 1 is 1.21 bits per heavy atom. The minimum atomic E-state index is -0.477. The molecule has 1 aliphatic carbocycles. The topological polar surface area (TPSA) is 84.3 Å². The SMILES string of the molecule is Cc1cc(Cl)ccc1NC(=O)c1ccc(NC2CC2)c([N+](=O)[O-])c1. The van der Waals surface area contributed by atoms with Gasteiger partial charge in [0.25, 0.3) is 11.6 Å². The zero-order chi connectivity index (χ0) is 17.3. The predicted octanol–water partition coefficient (Wildman–Crippen LogP) is 4.38. The van der Waals surface area contributed by atoms with Crippen LogP contribution in [-0.2, 0) is 0 Å². The maximum Gasteiger partial charge on any atom is 0.293 e. The van der Waals surface area contributed by atoms with Crippen molar-refractivity contribution in [2.45, 2.75) is 25.8 Å². The van der Waals surface area contributed by atoms with Gasteiger partial charge in [0.05, 0.1) is 4.92 Å². The summed E-state index contributed by atoms with van der Waals surface area (Å²) in [4.78, 5) is 23.2. The van der Waals surface area contributed by atoms with Crippen molar-refractivity contribution in [2.75, 3.05) is 10.6 Å². The average Bonchev–Trinajstić information content (AvgIpc) is 3.34. The minimum Gasteiger partial charge on any atom is -0.377 e. The summed E-state index contributed by atoms with van der Waals surface area (Å²) in [5.74, 6) is -0.401. The van der Waals surface area contributed by atoms with Gasteiger partial charge in [-0.3, -0.25) is 14.9 Å². The van der Waals surface area contributed by atoms with Crippen LogP contribution < -0.4 is 10.6 Å². The first-order valence-corrected chi connectivity index (χ1v) is 7.94. The van der Waals surface area contributed by atoms with Crippen molar-refractivity contribution < 1.29 is 9.72 Å². The molecular weight excluding hydrogens is 330 g/mol. The van der Waals surface area contributed by atoms with Crippen LogP contribution in [0.15, 0.2) is 36.4 Å². The third-order valence-electron chi connectivity index (χ3n) is 3.83. The highest BCUT2D eigenvalue weighted by molar-refractivity contribution is 6.30. The summed E-state index contributed by atoms with van der Waals surface area (Å²) in [5, 5.41) is 17.7. The minimum absolute atomic E-state index is 0.0950. The van der Waals surface area contributed by atoms with Gasteiger partial charge in [-0.1, -0.05) is 11.6 Å². The summed E-state index contributed by atoms with van der Waals surface area (Å²) in [6.45, 7) is 1.83. The van der Waals surface area contributed by atoms with Crippen LogP contribution >= 0.6 is 11.6 Å². The molecule has 0 unspecified atom stereocenters. The number of hydrogen-bond donors (Lipinski definition) is 2. The lowest BCUT2D eigenvalue weighted by Gasteiger charge is -2.10. The lowest BCUT2D eigenvalue weighted by molar-refractivity contribution is -0.384. The van der Waals surface area contributed by atoms with Crippen LogP contribution in [0.4, 0.5) is 17.1 Å². The van der Waals surface area contributed by atoms with E-state index in [-0.39, 0.29) is 11.3 Å². The number of nitro groups is 1. The van der Waals surface area contributed by atoms with E-state index >= 15 is 0 Å². The monoisotopic (exact) mass is 345 g/mol. The fraction of sp³-hybridized carbons (Fsp3) is 0.235. The second-order valence-electron chi connectivity index (χ2n) is 5.82. The van der Waals surface area contributed by atoms with Crippen LogP contribution in [0, 0.1) is 17.0 Å². The van der Waals surface area contributed by atoms with Crippen LogP contribution in [0.3, 0.4) is 0 Å². The Morgan fingerprint density at radius 3 is 2.54 bits per heavy atom. The molecule has 6 nitrogen and oxygen atoms in total. The number of anilines is 2. The molecule has 1 saturated carbocycles. The summed E-state index contributed by atoms with van der Waals surface area (Å²) >= 11 is 5.90. The molecule has 2 aromatic carbocycles. The van der Waals surface area contributed by atoms with Crippen molar-refractivity contribution in [2.24, 2.45) is 0 Å². The van der Waals surface area contributed by atoms with Gasteiger partial charge in [0, 0.05) is 28.4 Å². The van der Waals surface area contributed by atoms with Gasteiger partial charge >= 0.3 is 0 Å². The van der Waals surface area contributed by atoms with Gasteiger partial charge in [0.15, 0.2) is 0 Å². The van der Waals surface area contributed by atoms with Crippen molar-refractivity contribution in [3.05, 3.63) is 62.7 Å². The molecule has 0 bridgehead atoms. The Balaban J connectivity index is 1.83. The van der Waals surface area contributed by atoms with Crippen molar-refractivity contribution in [3.63, 3.8) is 0 Å². The van der Waals surface area contributed by atoms with Crippen LogP contribution in [-0.4, -0.2) is 16.9 Å². The molecule has 0 atom stereocenters. The Labute approximate surface area is 144 Å². The zero-order valence-electron chi connectivity index (χ0n) is 13.0. The second-order valence-corrected chi connectivity index (χ2v) is 6.26. The van der Waals surface area contributed by atoms with E-state index in [2.05, 4.69) is 10.6 Å². The molecule has 0 heterocycles. The molecule has 1 amide bonds. The predicted molar refractivity (Wildman–Crippen MR) is 93.9 cm³/mol. The van der Waals surface area contributed by atoms with Gasteiger partial charge in [0.1, 0.15) is 5.69 Å². The number of halogens is 1. The largest absolute Gasteiger partial charge is 0.377 e. The van der Waals surface area contributed by atoms with Crippen molar-refractivity contribution in [1.82, 2.24) is 0 Å². The summed E-state index contributed by atoms with van der Waals surface area (Å²) in [6, 6.07) is 9.87. The molecule has 1 fully saturated rings. The van der Waals surface area contributed by atoms with E-state index in [0.29, 0.717) is 22.4 Å². The van der Waals surface area contributed by atoms with Gasteiger partial charge in [-0.05, 0) is 55.7 Å². The molecule has 2 N–H and O–H groups in total. The van der Waals surface area contributed by atoms with Crippen LogP contribution in [0.25, 0.3) is 0 Å². The first-order chi connectivity index (χ1) is 11.4. The van der Waals surface area contributed by atoms with Crippen LogP contribution in [0.1, 0.15) is 28.8 Å². The van der Waals surface area contributed by atoms with Gasteiger partial charge in [-0.25, -0.2) is 0 Å². The highest BCUT2D eigenvalue weighted by Gasteiger charge is 2.25. The van der Waals surface area contributed by atoms with Gasteiger partial charge in [0.2, 0.25) is 0 Å². The number of nitro benzene ring substituents is 1. The summed E-state index contributed by atoms with van der Waals surface area (Å²) in [7, 11) is 0. The Hall–Kier alpha value is -2.60. The molecule has 1 aliphatic rings. The number of aryl methyl sites for hydroxylation is 1. The molecule has 0 aromatic heterocycles.